The van der Waals surface area contributed by atoms with Crippen LogP contribution in [0.25, 0.3) is 0 Å². The molecule has 1 unspecified atom stereocenters. The Bertz CT molecular complexity index is 898. The third-order valence-electron chi connectivity index (χ3n) is 11.7. The molecule has 5 aliphatic rings. The molecule has 0 aromatic carbocycles. The molecule has 9 atom stereocenters. The van der Waals surface area contributed by atoms with Crippen LogP contribution in [0.2, 0.25) is 0 Å². The minimum absolute atomic E-state index is 0.0282. The first kappa shape index (κ1) is 25.3. The van der Waals surface area contributed by atoms with E-state index < -0.39 is 6.10 Å². The molecule has 5 heteroatoms. The quantitative estimate of drug-likeness (QED) is 0.402. The number of rotatable bonds is 4. The minimum Gasteiger partial charge on any atom is -0.452 e. The van der Waals surface area contributed by atoms with Crippen LogP contribution in [0.5, 0.6) is 0 Å². The first-order valence-corrected chi connectivity index (χ1v) is 14.3. The van der Waals surface area contributed by atoms with E-state index in [1.165, 1.54) is 52.0 Å². The average Bonchev–Trinajstić information content (AvgIpc) is 3.29. The van der Waals surface area contributed by atoms with Crippen molar-refractivity contribution in [2.45, 2.75) is 104 Å². The van der Waals surface area contributed by atoms with Crippen LogP contribution in [0.4, 0.5) is 0 Å². The van der Waals surface area contributed by atoms with E-state index in [0.717, 1.165) is 42.6 Å². The smallest absolute Gasteiger partial charge is 0.303 e. The number of nitrogens with zero attached hydrogens (tertiary/aromatic N) is 2. The topological polar surface area (TPSA) is 49.9 Å². The van der Waals surface area contributed by atoms with Crippen LogP contribution < -0.4 is 0 Å². The number of likely N-dealkylation sites (tertiary alicyclic amines) is 1. The van der Waals surface area contributed by atoms with Gasteiger partial charge in [0.25, 0.3) is 5.91 Å². The first-order chi connectivity index (χ1) is 16.5. The fourth-order valence-electron chi connectivity index (χ4n) is 9.81. The predicted molar refractivity (Wildman–Crippen MR) is 139 cm³/mol. The van der Waals surface area contributed by atoms with Gasteiger partial charge in [-0.1, -0.05) is 32.4 Å². The van der Waals surface area contributed by atoms with Crippen molar-refractivity contribution >= 4 is 11.9 Å². The van der Waals surface area contributed by atoms with Crippen molar-refractivity contribution in [3.8, 4) is 0 Å². The normalized spacial score (nSPS) is 43.5. The maximum Gasteiger partial charge on any atom is 0.303 e. The number of esters is 1. The Morgan fingerprint density at radius 2 is 1.83 bits per heavy atom. The summed E-state index contributed by atoms with van der Waals surface area (Å²) in [5.41, 5.74) is 2.46. The molecular formula is C30H48N2O3. The largest absolute Gasteiger partial charge is 0.452 e. The second-order valence-electron chi connectivity index (χ2n) is 13.5. The van der Waals surface area contributed by atoms with E-state index in [-0.39, 0.29) is 29.3 Å². The highest BCUT2D eigenvalue weighted by Crippen LogP contribution is 2.68. The number of allylic oxidation sites excluding steroid dienone is 1. The zero-order valence-electron chi connectivity index (χ0n) is 23.2. The monoisotopic (exact) mass is 484 g/mol. The van der Waals surface area contributed by atoms with Gasteiger partial charge in [-0.2, -0.15) is 0 Å². The molecule has 196 valence electrons. The lowest BCUT2D eigenvalue weighted by molar-refractivity contribution is -0.162. The van der Waals surface area contributed by atoms with Crippen molar-refractivity contribution in [1.29, 1.82) is 0 Å². The van der Waals surface area contributed by atoms with Gasteiger partial charge in [-0.15, -0.1) is 0 Å². The number of ether oxygens (including phenoxy) is 1. The van der Waals surface area contributed by atoms with Gasteiger partial charge in [0.15, 0.2) is 6.10 Å². The zero-order valence-corrected chi connectivity index (χ0v) is 23.2. The standard InChI is InChI=1S/C30H48N2O3/c1-18(2)27(35-20(4)33)28(34)32(7)22-12-14-29(5)21(16-22)8-9-23-25(29)13-15-30-17-31(6)19(3)24(30)10-11-26(23)30/h8,18-19,22-27H,9-17H2,1-7H3/t19-,22-,23+,24+,25-,26-,27?,29-,30-/m0/s1. The third-order valence-corrected chi connectivity index (χ3v) is 11.7. The fourth-order valence-corrected chi connectivity index (χ4v) is 9.81. The molecule has 5 rings (SSSR count). The van der Waals surface area contributed by atoms with Crippen molar-refractivity contribution in [1.82, 2.24) is 9.80 Å². The molecule has 0 radical (unpaired) electrons. The van der Waals surface area contributed by atoms with Crippen LogP contribution in [-0.2, 0) is 14.3 Å². The van der Waals surface area contributed by atoms with Crippen molar-refractivity contribution in [3.05, 3.63) is 11.6 Å². The SMILES string of the molecule is CC(=O)OC(C(=O)N(C)[C@H]1CC[C@@]2(C)C(=CC[C@H]3[C@@H]4CC[C@@H]5[C@H](C)N(C)C[C@@]54CC[C@@H]32)C1)C(C)C. The number of carbonyl (C=O) groups is 2. The summed E-state index contributed by atoms with van der Waals surface area (Å²) >= 11 is 0. The molecule has 1 amide bonds. The Morgan fingerprint density at radius 1 is 1.11 bits per heavy atom. The van der Waals surface area contributed by atoms with Gasteiger partial charge in [-0.25, -0.2) is 0 Å². The summed E-state index contributed by atoms with van der Waals surface area (Å²) in [6, 6.07) is 0.942. The highest BCUT2D eigenvalue weighted by molar-refractivity contribution is 5.83. The number of fused-ring (bicyclic) bond motifs is 4. The van der Waals surface area contributed by atoms with E-state index in [0.29, 0.717) is 5.41 Å². The summed E-state index contributed by atoms with van der Waals surface area (Å²) in [6.07, 6.45) is 12.0. The Balaban J connectivity index is 1.33. The molecule has 3 saturated carbocycles. The molecule has 35 heavy (non-hydrogen) atoms. The van der Waals surface area contributed by atoms with E-state index >= 15 is 0 Å². The lowest BCUT2D eigenvalue weighted by Gasteiger charge is -2.58. The highest BCUT2D eigenvalue weighted by Gasteiger charge is 2.64. The van der Waals surface area contributed by atoms with Gasteiger partial charge >= 0.3 is 5.97 Å². The van der Waals surface area contributed by atoms with Crippen LogP contribution in [0, 0.1) is 40.4 Å². The Kier molecular flexibility index (Phi) is 6.42. The second-order valence-corrected chi connectivity index (χ2v) is 13.5. The van der Waals surface area contributed by atoms with Crippen molar-refractivity contribution in [2.24, 2.45) is 40.4 Å². The molecule has 5 nitrogen and oxygen atoms in total. The van der Waals surface area contributed by atoms with Gasteiger partial charge in [-0.05, 0) is 106 Å². The van der Waals surface area contributed by atoms with E-state index in [9.17, 15) is 9.59 Å². The van der Waals surface area contributed by atoms with Gasteiger partial charge in [0.05, 0.1) is 0 Å². The zero-order chi connectivity index (χ0) is 25.3. The molecule has 1 heterocycles. The number of amides is 1. The van der Waals surface area contributed by atoms with Crippen molar-refractivity contribution in [2.75, 3.05) is 20.6 Å². The van der Waals surface area contributed by atoms with Gasteiger partial charge in [-0.3, -0.25) is 9.59 Å². The van der Waals surface area contributed by atoms with E-state index in [1.807, 2.05) is 25.8 Å². The molecule has 4 fully saturated rings. The Morgan fingerprint density at radius 3 is 2.51 bits per heavy atom. The number of hydrogen-bond donors (Lipinski definition) is 0. The second kappa shape index (κ2) is 8.89. The number of likely N-dealkylation sites (N-methyl/N-ethyl adjacent to an activating group) is 1. The first-order valence-electron chi connectivity index (χ1n) is 14.3. The van der Waals surface area contributed by atoms with Crippen LogP contribution in [0.1, 0.15) is 86.0 Å². The summed E-state index contributed by atoms with van der Waals surface area (Å²) in [6.45, 7) is 11.6. The van der Waals surface area contributed by atoms with Gasteiger partial charge in [0.2, 0.25) is 0 Å². The highest BCUT2D eigenvalue weighted by atomic mass is 16.5. The van der Waals surface area contributed by atoms with Gasteiger partial charge < -0.3 is 14.5 Å². The molecule has 0 aromatic heterocycles. The summed E-state index contributed by atoms with van der Waals surface area (Å²) in [7, 11) is 4.27. The van der Waals surface area contributed by atoms with E-state index in [2.05, 4.69) is 31.9 Å². The van der Waals surface area contributed by atoms with Crippen molar-refractivity contribution in [3.63, 3.8) is 0 Å². The molecule has 1 spiro atoms. The predicted octanol–water partition coefficient (Wildman–Crippen LogP) is 5.29. The van der Waals surface area contributed by atoms with Crippen LogP contribution >= 0.6 is 0 Å². The lowest BCUT2D eigenvalue weighted by atomic mass is 9.47. The average molecular weight is 485 g/mol. The van der Waals surface area contributed by atoms with Crippen molar-refractivity contribution < 1.29 is 14.3 Å². The maximum absolute atomic E-state index is 13.3. The molecule has 0 N–H and O–H groups in total. The Labute approximate surface area is 213 Å². The minimum atomic E-state index is -0.688. The van der Waals surface area contributed by atoms with Crippen LogP contribution in [0.3, 0.4) is 0 Å². The molecule has 0 aromatic rings. The molecule has 4 aliphatic carbocycles. The number of hydrogen-bond acceptors (Lipinski definition) is 4. The summed E-state index contributed by atoms with van der Waals surface area (Å²) in [5, 5.41) is 0. The van der Waals surface area contributed by atoms with E-state index in [4.69, 9.17) is 4.74 Å². The summed E-state index contributed by atoms with van der Waals surface area (Å²) < 4.78 is 5.42. The molecule has 1 saturated heterocycles. The number of carbonyl (C=O) groups excluding carboxylic acids is 2. The fraction of sp³-hybridized carbons (Fsp3) is 0.867. The van der Waals surface area contributed by atoms with Gasteiger partial charge in [0.1, 0.15) is 0 Å². The summed E-state index contributed by atoms with van der Waals surface area (Å²) in [4.78, 5) is 29.5. The third kappa shape index (κ3) is 3.81. The Hall–Kier alpha value is -1.36. The van der Waals surface area contributed by atoms with Crippen LogP contribution in [0.15, 0.2) is 11.6 Å². The molecule has 1 aliphatic heterocycles. The molecular weight excluding hydrogens is 436 g/mol. The van der Waals surface area contributed by atoms with E-state index in [1.54, 1.807) is 5.57 Å². The van der Waals surface area contributed by atoms with Gasteiger partial charge in [0, 0.05) is 32.6 Å². The van der Waals surface area contributed by atoms with Crippen LogP contribution in [-0.4, -0.2) is 60.5 Å². The lowest BCUT2D eigenvalue weighted by Crippen LogP contribution is -2.54. The maximum atomic E-state index is 13.3. The molecule has 0 bridgehead atoms. The summed E-state index contributed by atoms with van der Waals surface area (Å²) in [5.74, 6) is 2.98.